The van der Waals surface area contributed by atoms with Crippen molar-refractivity contribution >= 4 is 27.8 Å². The molecule has 1 amide bonds. The Morgan fingerprint density at radius 2 is 1.94 bits per heavy atom. The summed E-state index contributed by atoms with van der Waals surface area (Å²) in [5.74, 6) is -3.01. The molecule has 0 bridgehead atoms. The Kier molecular flexibility index (Phi) is 7.17. The number of hydrogen-bond donors (Lipinski definition) is 1. The Bertz CT molecular complexity index is 271. The number of carbonyl (C=O) groups excluding carboxylic acids is 2. The van der Waals surface area contributed by atoms with E-state index in [9.17, 15) is 22.8 Å². The highest BCUT2D eigenvalue weighted by Gasteiger charge is 2.40. The highest BCUT2D eigenvalue weighted by molar-refractivity contribution is 9.09. The summed E-state index contributed by atoms with van der Waals surface area (Å²) in [6, 6.07) is -1.26. The third-order valence-corrected chi connectivity index (χ3v) is 2.49. The molecule has 1 N–H and O–H groups in total. The number of methoxy groups -OCH3 is 1. The van der Waals surface area contributed by atoms with Gasteiger partial charge in [0.1, 0.15) is 6.04 Å². The molecule has 0 radical (unpaired) electrons. The Hall–Kier alpha value is -0.790. The third-order valence-electron chi connectivity index (χ3n) is 1.92. The molecule has 0 aromatic carbocycles. The fourth-order valence-electron chi connectivity index (χ4n) is 1.07. The summed E-state index contributed by atoms with van der Waals surface area (Å²) in [6.07, 6.45) is -3.69. The van der Waals surface area contributed by atoms with E-state index in [0.29, 0.717) is 18.2 Å². The molecule has 0 aromatic heterocycles. The number of unbranched alkanes of at least 4 members (excludes halogenated alkanes) is 1. The van der Waals surface area contributed by atoms with Gasteiger partial charge < -0.3 is 10.1 Å². The fraction of sp³-hybridized carbons (Fsp3) is 0.778. The standard InChI is InChI=1S/C9H13BrF3NO3/c1-17-7(15)6(4-2-3-5-10)14-8(16)9(11,12)13/h6H,2-5H2,1H3,(H,14,16). The summed E-state index contributed by atoms with van der Waals surface area (Å²) in [4.78, 5) is 21.8. The molecule has 0 saturated carbocycles. The summed E-state index contributed by atoms with van der Waals surface area (Å²) in [5.41, 5.74) is 0. The molecule has 0 spiro atoms. The van der Waals surface area contributed by atoms with Crippen molar-refractivity contribution in [1.29, 1.82) is 0 Å². The minimum Gasteiger partial charge on any atom is -0.467 e. The zero-order valence-corrected chi connectivity index (χ0v) is 10.7. The van der Waals surface area contributed by atoms with E-state index < -0.39 is 24.1 Å². The SMILES string of the molecule is COC(=O)C(CCCCBr)NC(=O)C(F)(F)F. The van der Waals surface area contributed by atoms with Gasteiger partial charge in [-0.05, 0) is 19.3 Å². The molecular weight excluding hydrogens is 307 g/mol. The van der Waals surface area contributed by atoms with E-state index in [2.05, 4.69) is 20.7 Å². The van der Waals surface area contributed by atoms with Gasteiger partial charge in [0.25, 0.3) is 0 Å². The van der Waals surface area contributed by atoms with Crippen LogP contribution in [-0.2, 0) is 14.3 Å². The molecule has 0 aliphatic carbocycles. The van der Waals surface area contributed by atoms with Crippen LogP contribution < -0.4 is 5.32 Å². The van der Waals surface area contributed by atoms with Crippen LogP contribution in [0.25, 0.3) is 0 Å². The molecule has 0 saturated heterocycles. The molecule has 0 aliphatic rings. The topological polar surface area (TPSA) is 55.4 Å². The molecule has 100 valence electrons. The second-order valence-corrected chi connectivity index (χ2v) is 4.02. The Labute approximate surface area is 105 Å². The fourth-order valence-corrected chi connectivity index (χ4v) is 1.47. The minimum atomic E-state index is -5.00. The molecule has 0 rings (SSSR count). The van der Waals surface area contributed by atoms with Crippen LogP contribution >= 0.6 is 15.9 Å². The molecule has 0 aliphatic heterocycles. The average Bonchev–Trinajstić information content (AvgIpc) is 2.25. The number of esters is 1. The van der Waals surface area contributed by atoms with Gasteiger partial charge in [-0.2, -0.15) is 13.2 Å². The van der Waals surface area contributed by atoms with Gasteiger partial charge in [-0.25, -0.2) is 4.79 Å². The number of nitrogens with one attached hydrogen (secondary N) is 1. The largest absolute Gasteiger partial charge is 0.471 e. The third kappa shape index (κ3) is 6.50. The van der Waals surface area contributed by atoms with Crippen LogP contribution in [-0.4, -0.2) is 36.5 Å². The van der Waals surface area contributed by atoms with E-state index >= 15 is 0 Å². The highest BCUT2D eigenvalue weighted by Crippen LogP contribution is 2.15. The molecule has 8 heteroatoms. The second kappa shape index (κ2) is 7.52. The molecule has 1 unspecified atom stereocenters. The number of halogens is 4. The van der Waals surface area contributed by atoms with Crippen LogP contribution in [0, 0.1) is 0 Å². The molecule has 0 heterocycles. The number of amides is 1. The van der Waals surface area contributed by atoms with E-state index in [1.807, 2.05) is 0 Å². The molecule has 1 atom stereocenters. The molecule has 0 aromatic rings. The van der Waals surface area contributed by atoms with Crippen molar-refractivity contribution in [2.75, 3.05) is 12.4 Å². The van der Waals surface area contributed by atoms with E-state index in [0.717, 1.165) is 7.11 Å². The van der Waals surface area contributed by atoms with Crippen LogP contribution in [0.15, 0.2) is 0 Å². The van der Waals surface area contributed by atoms with E-state index in [1.54, 1.807) is 5.32 Å². The Morgan fingerprint density at radius 3 is 2.35 bits per heavy atom. The predicted octanol–water partition coefficient (Wildman–Crippen LogP) is 1.77. The maximum Gasteiger partial charge on any atom is 0.471 e. The van der Waals surface area contributed by atoms with Crippen molar-refractivity contribution in [2.45, 2.75) is 31.5 Å². The quantitative estimate of drug-likeness (QED) is 0.461. The van der Waals surface area contributed by atoms with Gasteiger partial charge in [-0.3, -0.25) is 4.79 Å². The van der Waals surface area contributed by atoms with Gasteiger partial charge >= 0.3 is 18.1 Å². The first kappa shape index (κ1) is 16.2. The Balaban J connectivity index is 4.39. The summed E-state index contributed by atoms with van der Waals surface area (Å²) in [7, 11) is 1.06. The van der Waals surface area contributed by atoms with Gasteiger partial charge in [0.15, 0.2) is 0 Å². The molecule has 0 fully saturated rings. The average molecular weight is 320 g/mol. The van der Waals surface area contributed by atoms with Crippen molar-refractivity contribution < 1.29 is 27.5 Å². The maximum absolute atomic E-state index is 12.0. The number of carbonyl (C=O) groups is 2. The molecule has 4 nitrogen and oxygen atoms in total. The summed E-state index contributed by atoms with van der Waals surface area (Å²) in [6.45, 7) is 0. The van der Waals surface area contributed by atoms with Crippen molar-refractivity contribution in [2.24, 2.45) is 0 Å². The maximum atomic E-state index is 12.0. The first-order valence-electron chi connectivity index (χ1n) is 4.84. The van der Waals surface area contributed by atoms with E-state index in [1.165, 1.54) is 0 Å². The van der Waals surface area contributed by atoms with Gasteiger partial charge in [0.2, 0.25) is 0 Å². The smallest absolute Gasteiger partial charge is 0.467 e. The van der Waals surface area contributed by atoms with Crippen molar-refractivity contribution in [1.82, 2.24) is 5.32 Å². The number of rotatable bonds is 6. The van der Waals surface area contributed by atoms with E-state index in [4.69, 9.17) is 0 Å². The van der Waals surface area contributed by atoms with Crippen LogP contribution in [0.4, 0.5) is 13.2 Å². The molecular formula is C9H13BrF3NO3. The van der Waals surface area contributed by atoms with Gasteiger partial charge in [0.05, 0.1) is 7.11 Å². The first-order chi connectivity index (χ1) is 7.82. The van der Waals surface area contributed by atoms with Gasteiger partial charge in [-0.1, -0.05) is 15.9 Å². The van der Waals surface area contributed by atoms with Gasteiger partial charge in [-0.15, -0.1) is 0 Å². The van der Waals surface area contributed by atoms with Gasteiger partial charge in [0, 0.05) is 5.33 Å². The lowest BCUT2D eigenvalue weighted by Gasteiger charge is -2.17. The predicted molar refractivity (Wildman–Crippen MR) is 57.6 cm³/mol. The van der Waals surface area contributed by atoms with Crippen molar-refractivity contribution in [3.05, 3.63) is 0 Å². The lowest BCUT2D eigenvalue weighted by molar-refractivity contribution is -0.175. The summed E-state index contributed by atoms with van der Waals surface area (Å²) < 4.78 is 40.3. The summed E-state index contributed by atoms with van der Waals surface area (Å²) in [5, 5.41) is 2.29. The monoisotopic (exact) mass is 319 g/mol. The lowest BCUT2D eigenvalue weighted by Crippen LogP contribution is -2.47. The normalized spacial score (nSPS) is 13.0. The summed E-state index contributed by atoms with van der Waals surface area (Å²) >= 11 is 3.15. The zero-order valence-electron chi connectivity index (χ0n) is 9.14. The lowest BCUT2D eigenvalue weighted by atomic mass is 10.1. The highest BCUT2D eigenvalue weighted by atomic mass is 79.9. The van der Waals surface area contributed by atoms with E-state index in [-0.39, 0.29) is 6.42 Å². The van der Waals surface area contributed by atoms with Crippen LogP contribution in [0.1, 0.15) is 19.3 Å². The van der Waals surface area contributed by atoms with Crippen molar-refractivity contribution in [3.8, 4) is 0 Å². The van der Waals surface area contributed by atoms with Crippen LogP contribution in [0.3, 0.4) is 0 Å². The zero-order chi connectivity index (χ0) is 13.5. The molecule has 17 heavy (non-hydrogen) atoms. The van der Waals surface area contributed by atoms with Crippen LogP contribution in [0.2, 0.25) is 0 Å². The second-order valence-electron chi connectivity index (χ2n) is 3.23. The Morgan fingerprint density at radius 1 is 1.35 bits per heavy atom. The van der Waals surface area contributed by atoms with Crippen molar-refractivity contribution in [3.63, 3.8) is 0 Å². The number of alkyl halides is 4. The minimum absolute atomic E-state index is 0.111. The first-order valence-corrected chi connectivity index (χ1v) is 5.96. The van der Waals surface area contributed by atoms with Crippen LogP contribution in [0.5, 0.6) is 0 Å². The number of ether oxygens (including phenoxy) is 1. The number of hydrogen-bond acceptors (Lipinski definition) is 3.